The van der Waals surface area contributed by atoms with Crippen LogP contribution in [0.2, 0.25) is 0 Å². The average molecular weight is 143 g/mol. The lowest BCUT2D eigenvalue weighted by molar-refractivity contribution is 0.729. The van der Waals surface area contributed by atoms with Gasteiger partial charge in [0.05, 0.1) is 0 Å². The van der Waals surface area contributed by atoms with Crippen molar-refractivity contribution in [3.63, 3.8) is 0 Å². The van der Waals surface area contributed by atoms with Gasteiger partial charge in [-0.2, -0.15) is 0 Å². The molecule has 0 aliphatic carbocycles. The van der Waals surface area contributed by atoms with Crippen LogP contribution in [0, 0.1) is 0 Å². The predicted molar refractivity (Wildman–Crippen MR) is 49.1 cm³/mol. The molecule has 0 aliphatic heterocycles. The minimum atomic E-state index is 1.27. The summed E-state index contributed by atoms with van der Waals surface area (Å²) in [5.74, 6) is 0. The fraction of sp³-hybridized carbons (Fsp3) is 0.778. The highest BCUT2D eigenvalue weighted by atomic mass is 14.4. The summed E-state index contributed by atoms with van der Waals surface area (Å²) in [4.78, 5) is 0. The van der Waals surface area contributed by atoms with Gasteiger partial charge in [0.15, 0.2) is 0 Å². The normalized spacial score (nSPS) is 9.20. The van der Waals surface area contributed by atoms with Gasteiger partial charge in [-0.1, -0.05) is 31.9 Å². The first kappa shape index (κ1) is 12.4. The molecule has 0 aromatic carbocycles. The Balaban J connectivity index is 0. The number of nitrogens with two attached hydrogens (primary N) is 1. The number of allylic oxidation sites excluding steroid dienone is 2. The smallest absolute Gasteiger partial charge is 0.0195 e. The molecule has 0 aliphatic rings. The molecule has 10 heavy (non-hydrogen) atoms. The van der Waals surface area contributed by atoms with Crippen LogP contribution in [-0.2, 0) is 0 Å². The van der Waals surface area contributed by atoms with Gasteiger partial charge in [-0.25, -0.2) is 0 Å². The topological polar surface area (TPSA) is 26.0 Å². The molecule has 2 N–H and O–H groups in total. The molecule has 0 aromatic rings. The number of rotatable bonds is 4. The Hall–Kier alpha value is -0.300. The zero-order valence-corrected chi connectivity index (χ0v) is 7.56. The zero-order chi connectivity index (χ0) is 8.24. The molecule has 0 atom stereocenters. The lowest BCUT2D eigenvalue weighted by atomic mass is 10.2. The molecule has 0 fully saturated rings. The second-order valence-electron chi connectivity index (χ2n) is 2.06. The van der Waals surface area contributed by atoms with Crippen LogP contribution in [0.4, 0.5) is 0 Å². The minimum Gasteiger partial charge on any atom is -0.333 e. The molecule has 62 valence electrons. The molecule has 0 saturated carbocycles. The largest absolute Gasteiger partial charge is 0.333 e. The Morgan fingerprint density at radius 2 is 1.80 bits per heavy atom. The Bertz CT molecular complexity index is 57.7. The summed E-state index contributed by atoms with van der Waals surface area (Å²) in [6, 6.07) is 0. The van der Waals surface area contributed by atoms with Gasteiger partial charge in [-0.15, -0.1) is 0 Å². The van der Waals surface area contributed by atoms with E-state index in [2.05, 4.69) is 31.7 Å². The molecular weight excluding hydrogens is 122 g/mol. The molecule has 0 rings (SSSR count). The molecule has 0 amide bonds. The van der Waals surface area contributed by atoms with Crippen molar-refractivity contribution in [2.45, 2.75) is 39.5 Å². The summed E-state index contributed by atoms with van der Waals surface area (Å²) in [7, 11) is 1.50. The van der Waals surface area contributed by atoms with Crippen molar-refractivity contribution in [1.29, 1.82) is 0 Å². The van der Waals surface area contributed by atoms with Crippen LogP contribution in [0.5, 0.6) is 0 Å². The summed E-state index contributed by atoms with van der Waals surface area (Å²) in [6.07, 6.45) is 9.69. The number of unbranched alkanes of at least 4 members (excludes halogenated alkanes) is 3. The maximum atomic E-state index is 4.50. The van der Waals surface area contributed by atoms with Gasteiger partial charge < -0.3 is 5.73 Å². The van der Waals surface area contributed by atoms with Gasteiger partial charge in [0.2, 0.25) is 0 Å². The molecule has 0 heterocycles. The first-order valence-corrected chi connectivity index (χ1v) is 4.10. The third-order valence-electron chi connectivity index (χ3n) is 1.21. The van der Waals surface area contributed by atoms with Gasteiger partial charge in [-0.05, 0) is 26.8 Å². The highest BCUT2D eigenvalue weighted by Crippen LogP contribution is 1.98. The fourth-order valence-electron chi connectivity index (χ4n) is 0.679. The Labute approximate surface area is 65.3 Å². The molecule has 0 aromatic heterocycles. The van der Waals surface area contributed by atoms with E-state index in [1.807, 2.05) is 0 Å². The fourth-order valence-corrected chi connectivity index (χ4v) is 0.679. The standard InChI is InChI=1S/C8H16.CH5N/c1-3-5-7-8-6-4-2;1-2/h3,5H,4,6-8H2,1-2H3;2H2,1H3/b5-3-;. The summed E-state index contributed by atoms with van der Waals surface area (Å²) >= 11 is 0. The summed E-state index contributed by atoms with van der Waals surface area (Å²) in [5, 5.41) is 0. The maximum absolute atomic E-state index is 4.50. The van der Waals surface area contributed by atoms with E-state index in [0.717, 1.165) is 0 Å². The van der Waals surface area contributed by atoms with Crippen LogP contribution < -0.4 is 5.73 Å². The second kappa shape index (κ2) is 15.9. The molecule has 1 heteroatoms. The highest BCUT2D eigenvalue weighted by molar-refractivity contribution is 4.75. The van der Waals surface area contributed by atoms with Crippen molar-refractivity contribution in [3.8, 4) is 0 Å². The van der Waals surface area contributed by atoms with Crippen molar-refractivity contribution < 1.29 is 0 Å². The zero-order valence-electron chi connectivity index (χ0n) is 7.56. The highest BCUT2D eigenvalue weighted by Gasteiger charge is 1.78. The van der Waals surface area contributed by atoms with Crippen LogP contribution in [0.15, 0.2) is 12.2 Å². The van der Waals surface area contributed by atoms with E-state index in [-0.39, 0.29) is 0 Å². The quantitative estimate of drug-likeness (QED) is 0.475. The molecule has 0 bridgehead atoms. The third-order valence-corrected chi connectivity index (χ3v) is 1.21. The molecule has 0 radical (unpaired) electrons. The average Bonchev–Trinajstić information content (AvgIpc) is 2.02. The van der Waals surface area contributed by atoms with Gasteiger partial charge in [0, 0.05) is 0 Å². The van der Waals surface area contributed by atoms with Gasteiger partial charge in [0.25, 0.3) is 0 Å². The van der Waals surface area contributed by atoms with Crippen LogP contribution >= 0.6 is 0 Å². The van der Waals surface area contributed by atoms with Gasteiger partial charge >= 0.3 is 0 Å². The van der Waals surface area contributed by atoms with Crippen LogP contribution in [0.3, 0.4) is 0 Å². The van der Waals surface area contributed by atoms with Crippen molar-refractivity contribution in [2.75, 3.05) is 7.05 Å². The maximum Gasteiger partial charge on any atom is -0.0195 e. The Morgan fingerprint density at radius 3 is 2.20 bits per heavy atom. The monoisotopic (exact) mass is 143 g/mol. The molecule has 1 nitrogen and oxygen atoms in total. The van der Waals surface area contributed by atoms with Crippen molar-refractivity contribution in [3.05, 3.63) is 12.2 Å². The first-order valence-electron chi connectivity index (χ1n) is 4.10. The summed E-state index contributed by atoms with van der Waals surface area (Å²) in [5.41, 5.74) is 4.50. The number of hydrogen-bond donors (Lipinski definition) is 1. The van der Waals surface area contributed by atoms with E-state index in [0.29, 0.717) is 0 Å². The second-order valence-corrected chi connectivity index (χ2v) is 2.06. The van der Waals surface area contributed by atoms with Gasteiger partial charge in [0.1, 0.15) is 0 Å². The molecule has 0 spiro atoms. The molecule has 0 unspecified atom stereocenters. The third kappa shape index (κ3) is 15.6. The Morgan fingerprint density at radius 1 is 1.20 bits per heavy atom. The SMILES string of the molecule is C/C=C\CCCCC.CN. The number of hydrogen-bond acceptors (Lipinski definition) is 1. The Kier molecular flexibility index (Phi) is 19.7. The van der Waals surface area contributed by atoms with E-state index in [9.17, 15) is 0 Å². The predicted octanol–water partition coefficient (Wildman–Crippen LogP) is 2.72. The van der Waals surface area contributed by atoms with Crippen molar-refractivity contribution in [2.24, 2.45) is 5.73 Å². The van der Waals surface area contributed by atoms with Crippen molar-refractivity contribution in [1.82, 2.24) is 0 Å². The first-order chi connectivity index (χ1) is 4.91. The van der Waals surface area contributed by atoms with E-state index in [4.69, 9.17) is 0 Å². The molecular formula is C9H21N. The minimum absolute atomic E-state index is 1.27. The lowest BCUT2D eigenvalue weighted by Gasteiger charge is -1.88. The van der Waals surface area contributed by atoms with Crippen molar-refractivity contribution >= 4 is 0 Å². The van der Waals surface area contributed by atoms with E-state index in [1.54, 1.807) is 0 Å². The lowest BCUT2D eigenvalue weighted by Crippen LogP contribution is -1.69. The van der Waals surface area contributed by atoms with E-state index < -0.39 is 0 Å². The summed E-state index contributed by atoms with van der Waals surface area (Å²) < 4.78 is 0. The van der Waals surface area contributed by atoms with Crippen LogP contribution in [-0.4, -0.2) is 7.05 Å². The molecule has 0 saturated heterocycles. The van der Waals surface area contributed by atoms with Gasteiger partial charge in [-0.3, -0.25) is 0 Å². The van der Waals surface area contributed by atoms with Crippen LogP contribution in [0.1, 0.15) is 39.5 Å². The van der Waals surface area contributed by atoms with Crippen LogP contribution in [0.25, 0.3) is 0 Å². The van der Waals surface area contributed by atoms with E-state index in [1.165, 1.54) is 32.7 Å². The van der Waals surface area contributed by atoms with E-state index >= 15 is 0 Å². The summed E-state index contributed by atoms with van der Waals surface area (Å²) in [6.45, 7) is 4.31.